The maximum absolute atomic E-state index is 12.3. The van der Waals surface area contributed by atoms with Crippen LogP contribution in [-0.4, -0.2) is 25.0 Å². The van der Waals surface area contributed by atoms with Crippen LogP contribution in [0.4, 0.5) is 10.5 Å². The van der Waals surface area contributed by atoms with Gasteiger partial charge in [0, 0.05) is 17.8 Å². The molecule has 0 fully saturated rings. The first-order chi connectivity index (χ1) is 10.2. The molecule has 0 atom stereocenters. The fourth-order valence-corrected chi connectivity index (χ4v) is 2.23. The third-order valence-electron chi connectivity index (χ3n) is 2.95. The highest BCUT2D eigenvalue weighted by Gasteiger charge is 2.20. The minimum Gasteiger partial charge on any atom is -0.449 e. The standard InChI is InChI=1S/C17H24ClNO3/c1-11(2)9-19(17(21)22-10-12(3)4)14-6-7-15(13(5)20)16(18)8-14/h6-8,11-12H,9-10H2,1-5H3. The van der Waals surface area contributed by atoms with Gasteiger partial charge in [-0.3, -0.25) is 9.69 Å². The lowest BCUT2D eigenvalue weighted by Crippen LogP contribution is -2.35. The van der Waals surface area contributed by atoms with Gasteiger partial charge in [-0.2, -0.15) is 0 Å². The molecule has 22 heavy (non-hydrogen) atoms. The van der Waals surface area contributed by atoms with Crippen molar-refractivity contribution < 1.29 is 14.3 Å². The molecule has 1 rings (SSSR count). The Hall–Kier alpha value is -1.55. The van der Waals surface area contributed by atoms with Crippen LogP contribution in [0.5, 0.6) is 0 Å². The van der Waals surface area contributed by atoms with Crippen LogP contribution in [0.15, 0.2) is 18.2 Å². The summed E-state index contributed by atoms with van der Waals surface area (Å²) in [5.41, 5.74) is 1.09. The lowest BCUT2D eigenvalue weighted by molar-refractivity contribution is 0.101. The SMILES string of the molecule is CC(=O)c1ccc(N(CC(C)C)C(=O)OCC(C)C)cc1Cl. The number of Topliss-reactive ketones (excluding diaryl/α,β-unsaturated/α-hetero) is 1. The number of carbonyl (C=O) groups is 2. The first-order valence-electron chi connectivity index (χ1n) is 7.47. The van der Waals surface area contributed by atoms with Crippen LogP contribution >= 0.6 is 11.6 Å². The number of benzene rings is 1. The number of amides is 1. The van der Waals surface area contributed by atoms with Crippen LogP contribution < -0.4 is 4.90 Å². The van der Waals surface area contributed by atoms with E-state index in [1.165, 1.54) is 6.92 Å². The molecule has 0 aliphatic carbocycles. The van der Waals surface area contributed by atoms with Gasteiger partial charge >= 0.3 is 6.09 Å². The van der Waals surface area contributed by atoms with Gasteiger partial charge in [0.05, 0.1) is 11.6 Å². The summed E-state index contributed by atoms with van der Waals surface area (Å²) >= 11 is 6.14. The molecule has 0 unspecified atom stereocenters. The number of ether oxygens (including phenoxy) is 1. The Labute approximate surface area is 137 Å². The number of nitrogens with zero attached hydrogens (tertiary/aromatic N) is 1. The maximum atomic E-state index is 12.3. The van der Waals surface area contributed by atoms with E-state index in [1.54, 1.807) is 23.1 Å². The molecule has 0 aromatic heterocycles. The van der Waals surface area contributed by atoms with Crippen molar-refractivity contribution in [1.29, 1.82) is 0 Å². The summed E-state index contributed by atoms with van der Waals surface area (Å²) in [7, 11) is 0. The molecule has 4 nitrogen and oxygen atoms in total. The zero-order valence-electron chi connectivity index (χ0n) is 13.9. The molecule has 0 spiro atoms. The smallest absolute Gasteiger partial charge is 0.414 e. The second kappa shape index (κ2) is 8.18. The quantitative estimate of drug-likeness (QED) is 0.706. The molecule has 0 radical (unpaired) electrons. The Kier molecular flexibility index (Phi) is 6.88. The van der Waals surface area contributed by atoms with Gasteiger partial charge in [0.25, 0.3) is 0 Å². The van der Waals surface area contributed by atoms with E-state index in [2.05, 4.69) is 0 Å². The van der Waals surface area contributed by atoms with E-state index >= 15 is 0 Å². The molecule has 0 N–H and O–H groups in total. The highest BCUT2D eigenvalue weighted by atomic mass is 35.5. The van der Waals surface area contributed by atoms with Gasteiger partial charge < -0.3 is 4.74 Å². The second-order valence-corrected chi connectivity index (χ2v) is 6.60. The summed E-state index contributed by atoms with van der Waals surface area (Å²) in [6.07, 6.45) is -0.394. The first kappa shape index (κ1) is 18.5. The zero-order chi connectivity index (χ0) is 16.9. The Balaban J connectivity index is 3.03. The van der Waals surface area contributed by atoms with E-state index in [1.807, 2.05) is 27.7 Å². The molecule has 0 aliphatic heterocycles. The van der Waals surface area contributed by atoms with Crippen LogP contribution in [-0.2, 0) is 4.74 Å². The summed E-state index contributed by atoms with van der Waals surface area (Å²) < 4.78 is 5.32. The predicted molar refractivity (Wildman–Crippen MR) is 89.8 cm³/mol. The number of carbonyl (C=O) groups excluding carboxylic acids is 2. The molecule has 5 heteroatoms. The van der Waals surface area contributed by atoms with Crippen molar-refractivity contribution >= 4 is 29.2 Å². The molecule has 1 aromatic rings. The third-order valence-corrected chi connectivity index (χ3v) is 3.26. The molecule has 1 aromatic carbocycles. The molecule has 122 valence electrons. The van der Waals surface area contributed by atoms with Crippen molar-refractivity contribution in [1.82, 2.24) is 0 Å². The number of hydrogen-bond donors (Lipinski definition) is 0. The lowest BCUT2D eigenvalue weighted by Gasteiger charge is -2.25. The molecule has 0 aliphatic rings. The normalized spacial score (nSPS) is 10.9. The molecule has 0 heterocycles. The van der Waals surface area contributed by atoms with E-state index in [4.69, 9.17) is 16.3 Å². The van der Waals surface area contributed by atoms with E-state index < -0.39 is 6.09 Å². The van der Waals surface area contributed by atoms with Crippen molar-refractivity contribution in [3.63, 3.8) is 0 Å². The minimum absolute atomic E-state index is 0.102. The van der Waals surface area contributed by atoms with E-state index in [0.717, 1.165) is 0 Å². The number of halogens is 1. The predicted octanol–water partition coefficient (Wildman–Crippen LogP) is 4.80. The third kappa shape index (κ3) is 5.34. The number of rotatable bonds is 6. The van der Waals surface area contributed by atoms with Crippen LogP contribution in [0, 0.1) is 11.8 Å². The average molecular weight is 326 g/mol. The van der Waals surface area contributed by atoms with Gasteiger partial charge in [0.15, 0.2) is 5.78 Å². The molecule has 1 amide bonds. The Morgan fingerprint density at radius 3 is 2.27 bits per heavy atom. The van der Waals surface area contributed by atoms with Crippen molar-refractivity contribution in [2.75, 3.05) is 18.1 Å². The van der Waals surface area contributed by atoms with E-state index in [-0.39, 0.29) is 17.6 Å². The molecule has 0 saturated carbocycles. The summed E-state index contributed by atoms with van der Waals surface area (Å²) in [4.78, 5) is 25.3. The van der Waals surface area contributed by atoms with Gasteiger partial charge in [0.1, 0.15) is 0 Å². The maximum Gasteiger partial charge on any atom is 0.414 e. The summed E-state index contributed by atoms with van der Waals surface area (Å²) in [5, 5.41) is 0.343. The van der Waals surface area contributed by atoms with Crippen LogP contribution in [0.2, 0.25) is 5.02 Å². The Bertz CT molecular complexity index is 541. The van der Waals surface area contributed by atoms with Gasteiger partial charge in [-0.1, -0.05) is 39.3 Å². The van der Waals surface area contributed by atoms with E-state index in [0.29, 0.717) is 29.4 Å². The average Bonchev–Trinajstić information content (AvgIpc) is 2.41. The topological polar surface area (TPSA) is 46.6 Å². The lowest BCUT2D eigenvalue weighted by atomic mass is 10.1. The van der Waals surface area contributed by atoms with Gasteiger partial charge in [-0.15, -0.1) is 0 Å². The Morgan fingerprint density at radius 1 is 1.18 bits per heavy atom. The highest BCUT2D eigenvalue weighted by molar-refractivity contribution is 6.34. The van der Waals surface area contributed by atoms with Crippen molar-refractivity contribution in [2.24, 2.45) is 11.8 Å². The van der Waals surface area contributed by atoms with Crippen molar-refractivity contribution in [3.8, 4) is 0 Å². The van der Waals surface area contributed by atoms with Crippen molar-refractivity contribution in [2.45, 2.75) is 34.6 Å². The zero-order valence-corrected chi connectivity index (χ0v) is 14.6. The minimum atomic E-state index is -0.394. The summed E-state index contributed by atoms with van der Waals surface area (Å²) in [6.45, 7) is 10.4. The summed E-state index contributed by atoms with van der Waals surface area (Å²) in [6, 6.07) is 5.00. The van der Waals surface area contributed by atoms with Crippen LogP contribution in [0.25, 0.3) is 0 Å². The molecular formula is C17H24ClNO3. The van der Waals surface area contributed by atoms with Crippen LogP contribution in [0.1, 0.15) is 45.0 Å². The number of anilines is 1. The number of hydrogen-bond acceptors (Lipinski definition) is 3. The van der Waals surface area contributed by atoms with Gasteiger partial charge in [-0.25, -0.2) is 4.79 Å². The molecular weight excluding hydrogens is 302 g/mol. The molecule has 0 bridgehead atoms. The van der Waals surface area contributed by atoms with E-state index in [9.17, 15) is 9.59 Å². The largest absolute Gasteiger partial charge is 0.449 e. The Morgan fingerprint density at radius 2 is 1.82 bits per heavy atom. The monoisotopic (exact) mass is 325 g/mol. The molecule has 0 saturated heterocycles. The first-order valence-corrected chi connectivity index (χ1v) is 7.85. The van der Waals surface area contributed by atoms with Gasteiger partial charge in [-0.05, 0) is 37.0 Å². The van der Waals surface area contributed by atoms with Crippen molar-refractivity contribution in [3.05, 3.63) is 28.8 Å². The van der Waals surface area contributed by atoms with Crippen LogP contribution in [0.3, 0.4) is 0 Å². The second-order valence-electron chi connectivity index (χ2n) is 6.20. The fraction of sp³-hybridized carbons (Fsp3) is 0.529. The fourth-order valence-electron chi connectivity index (χ4n) is 1.92. The summed E-state index contributed by atoms with van der Waals surface area (Å²) in [5.74, 6) is 0.445. The van der Waals surface area contributed by atoms with Gasteiger partial charge in [0.2, 0.25) is 0 Å². The highest BCUT2D eigenvalue weighted by Crippen LogP contribution is 2.25. The number of ketones is 1.